The molecular formula is C14H19Cl2NO. The summed E-state index contributed by atoms with van der Waals surface area (Å²) in [6.07, 6.45) is 4.46. The zero-order valence-corrected chi connectivity index (χ0v) is 11.9. The molecule has 2 nitrogen and oxygen atoms in total. The molecule has 0 amide bonds. The average Bonchev–Trinajstić information content (AvgIpc) is 2.79. The number of likely N-dealkylation sites (tertiary alicyclic amines) is 1. The largest absolute Gasteiger partial charge is 0.396 e. The molecule has 0 bridgehead atoms. The van der Waals surface area contributed by atoms with Crippen LogP contribution in [0.15, 0.2) is 18.2 Å². The van der Waals surface area contributed by atoms with Crippen molar-refractivity contribution < 1.29 is 5.11 Å². The number of hydrogen-bond acceptors (Lipinski definition) is 2. The molecule has 1 unspecified atom stereocenters. The number of aliphatic hydroxyl groups is 1. The van der Waals surface area contributed by atoms with Crippen molar-refractivity contribution in [1.29, 1.82) is 0 Å². The molecule has 1 saturated heterocycles. The predicted molar refractivity (Wildman–Crippen MR) is 76.2 cm³/mol. The first kappa shape index (κ1) is 14.1. The van der Waals surface area contributed by atoms with Crippen molar-refractivity contribution in [2.45, 2.75) is 38.3 Å². The van der Waals surface area contributed by atoms with Crippen LogP contribution < -0.4 is 0 Å². The van der Waals surface area contributed by atoms with Crippen LogP contribution >= 0.6 is 23.2 Å². The molecule has 1 heterocycles. The number of halogens is 2. The van der Waals surface area contributed by atoms with E-state index in [1.165, 1.54) is 18.4 Å². The first-order valence-corrected chi connectivity index (χ1v) is 7.25. The Labute approximate surface area is 119 Å². The molecule has 1 aromatic rings. The van der Waals surface area contributed by atoms with Crippen molar-refractivity contribution in [1.82, 2.24) is 4.90 Å². The summed E-state index contributed by atoms with van der Waals surface area (Å²) in [4.78, 5) is 2.48. The molecule has 4 heteroatoms. The molecule has 1 atom stereocenters. The predicted octanol–water partition coefficient (Wildman–Crippen LogP) is 3.73. The molecule has 1 aliphatic rings. The zero-order valence-electron chi connectivity index (χ0n) is 10.4. The molecule has 1 aromatic carbocycles. The van der Waals surface area contributed by atoms with Gasteiger partial charge in [-0.2, -0.15) is 0 Å². The van der Waals surface area contributed by atoms with Crippen molar-refractivity contribution in [3.63, 3.8) is 0 Å². The highest BCUT2D eigenvalue weighted by Crippen LogP contribution is 2.27. The maximum Gasteiger partial charge on any atom is 0.0595 e. The van der Waals surface area contributed by atoms with Gasteiger partial charge in [0, 0.05) is 19.2 Å². The van der Waals surface area contributed by atoms with Crippen molar-refractivity contribution in [2.24, 2.45) is 0 Å². The van der Waals surface area contributed by atoms with Gasteiger partial charge in [-0.05, 0) is 49.9 Å². The fourth-order valence-electron chi connectivity index (χ4n) is 2.63. The van der Waals surface area contributed by atoms with E-state index in [9.17, 15) is 0 Å². The Hall–Kier alpha value is -0.280. The third-order valence-corrected chi connectivity index (χ3v) is 4.30. The van der Waals surface area contributed by atoms with Gasteiger partial charge in [-0.3, -0.25) is 4.90 Å². The Kier molecular flexibility index (Phi) is 5.31. The summed E-state index contributed by atoms with van der Waals surface area (Å²) in [5.41, 5.74) is 1.21. The van der Waals surface area contributed by atoms with Crippen LogP contribution in [-0.2, 0) is 6.54 Å². The lowest BCUT2D eigenvalue weighted by Gasteiger charge is -2.24. The van der Waals surface area contributed by atoms with Crippen LogP contribution in [0, 0.1) is 0 Å². The first-order chi connectivity index (χ1) is 8.70. The summed E-state index contributed by atoms with van der Waals surface area (Å²) in [5.74, 6) is 0. The zero-order chi connectivity index (χ0) is 13.0. The highest BCUT2D eigenvalue weighted by molar-refractivity contribution is 6.42. The number of rotatable bonds is 5. The van der Waals surface area contributed by atoms with Crippen molar-refractivity contribution in [2.75, 3.05) is 13.2 Å². The highest BCUT2D eigenvalue weighted by atomic mass is 35.5. The van der Waals surface area contributed by atoms with Gasteiger partial charge >= 0.3 is 0 Å². The minimum absolute atomic E-state index is 0.289. The fourth-order valence-corrected chi connectivity index (χ4v) is 2.95. The van der Waals surface area contributed by atoms with E-state index in [1.807, 2.05) is 18.2 Å². The van der Waals surface area contributed by atoms with Gasteiger partial charge in [0.25, 0.3) is 0 Å². The third kappa shape index (κ3) is 3.61. The second-order valence-corrected chi connectivity index (χ2v) is 5.70. The van der Waals surface area contributed by atoms with Crippen LogP contribution in [-0.4, -0.2) is 29.2 Å². The molecule has 100 valence electrons. The lowest BCUT2D eigenvalue weighted by Crippen LogP contribution is -2.29. The monoisotopic (exact) mass is 287 g/mol. The van der Waals surface area contributed by atoms with E-state index in [4.69, 9.17) is 28.3 Å². The van der Waals surface area contributed by atoms with E-state index in [0.29, 0.717) is 16.1 Å². The molecule has 0 aliphatic carbocycles. The summed E-state index contributed by atoms with van der Waals surface area (Å²) in [7, 11) is 0. The molecular weight excluding hydrogens is 269 g/mol. The number of nitrogens with zero attached hydrogens (tertiary/aromatic N) is 1. The smallest absolute Gasteiger partial charge is 0.0595 e. The maximum atomic E-state index is 8.92. The minimum Gasteiger partial charge on any atom is -0.396 e. The van der Waals surface area contributed by atoms with Gasteiger partial charge in [0.2, 0.25) is 0 Å². The Morgan fingerprint density at radius 2 is 2.11 bits per heavy atom. The molecule has 18 heavy (non-hydrogen) atoms. The SMILES string of the molecule is OCCCC1CCCN1Cc1ccc(Cl)c(Cl)c1. The third-order valence-electron chi connectivity index (χ3n) is 3.56. The quantitative estimate of drug-likeness (QED) is 0.892. The van der Waals surface area contributed by atoms with E-state index in [-0.39, 0.29) is 6.61 Å². The molecule has 1 fully saturated rings. The fraction of sp³-hybridized carbons (Fsp3) is 0.571. The second-order valence-electron chi connectivity index (χ2n) is 4.88. The van der Waals surface area contributed by atoms with Crippen molar-refractivity contribution in [3.05, 3.63) is 33.8 Å². The summed E-state index contributed by atoms with van der Waals surface area (Å²) in [5, 5.41) is 10.2. The van der Waals surface area contributed by atoms with E-state index in [0.717, 1.165) is 25.9 Å². The summed E-state index contributed by atoms with van der Waals surface area (Å²) in [6, 6.07) is 6.45. The van der Waals surface area contributed by atoms with Gasteiger partial charge in [-0.1, -0.05) is 29.3 Å². The molecule has 0 radical (unpaired) electrons. The Morgan fingerprint density at radius 3 is 2.83 bits per heavy atom. The molecule has 0 spiro atoms. The lowest BCUT2D eigenvalue weighted by molar-refractivity contribution is 0.210. The van der Waals surface area contributed by atoms with Gasteiger partial charge in [0.15, 0.2) is 0 Å². The van der Waals surface area contributed by atoms with Gasteiger partial charge in [0.1, 0.15) is 0 Å². The normalized spacial score (nSPS) is 20.5. The Bertz CT molecular complexity index is 397. The van der Waals surface area contributed by atoms with Crippen LogP contribution in [0.25, 0.3) is 0 Å². The summed E-state index contributed by atoms with van der Waals surface area (Å²) >= 11 is 12.0. The van der Waals surface area contributed by atoms with Gasteiger partial charge in [0.05, 0.1) is 10.0 Å². The van der Waals surface area contributed by atoms with Crippen LogP contribution in [0.1, 0.15) is 31.2 Å². The maximum absolute atomic E-state index is 8.92. The molecule has 2 rings (SSSR count). The first-order valence-electron chi connectivity index (χ1n) is 6.49. The molecule has 1 aliphatic heterocycles. The van der Waals surface area contributed by atoms with Gasteiger partial charge in [-0.25, -0.2) is 0 Å². The van der Waals surface area contributed by atoms with E-state index < -0.39 is 0 Å². The van der Waals surface area contributed by atoms with Crippen molar-refractivity contribution >= 4 is 23.2 Å². The lowest BCUT2D eigenvalue weighted by atomic mass is 10.1. The van der Waals surface area contributed by atoms with Crippen LogP contribution in [0.2, 0.25) is 10.0 Å². The van der Waals surface area contributed by atoms with Gasteiger partial charge < -0.3 is 5.11 Å². The molecule has 0 saturated carbocycles. The second kappa shape index (κ2) is 6.76. The molecule has 1 N–H and O–H groups in total. The Balaban J connectivity index is 1.96. The topological polar surface area (TPSA) is 23.5 Å². The highest BCUT2D eigenvalue weighted by Gasteiger charge is 2.23. The van der Waals surface area contributed by atoms with Crippen LogP contribution in [0.4, 0.5) is 0 Å². The van der Waals surface area contributed by atoms with E-state index >= 15 is 0 Å². The number of hydrogen-bond donors (Lipinski definition) is 1. The van der Waals surface area contributed by atoms with E-state index in [1.54, 1.807) is 0 Å². The molecule has 0 aromatic heterocycles. The summed E-state index contributed by atoms with van der Waals surface area (Å²) in [6.45, 7) is 2.35. The minimum atomic E-state index is 0.289. The van der Waals surface area contributed by atoms with Crippen molar-refractivity contribution in [3.8, 4) is 0 Å². The van der Waals surface area contributed by atoms with Crippen LogP contribution in [0.3, 0.4) is 0 Å². The number of aliphatic hydroxyl groups excluding tert-OH is 1. The Morgan fingerprint density at radius 1 is 1.28 bits per heavy atom. The standard InChI is InChI=1S/C14H19Cl2NO/c15-13-6-5-11(9-14(13)16)10-17-7-1-3-12(17)4-2-8-18/h5-6,9,12,18H,1-4,7-8,10H2. The summed E-state index contributed by atoms with van der Waals surface area (Å²) < 4.78 is 0. The van der Waals surface area contributed by atoms with Crippen LogP contribution in [0.5, 0.6) is 0 Å². The van der Waals surface area contributed by atoms with E-state index in [2.05, 4.69) is 4.90 Å². The average molecular weight is 288 g/mol. The number of benzene rings is 1. The van der Waals surface area contributed by atoms with Gasteiger partial charge in [-0.15, -0.1) is 0 Å².